The fraction of sp³-hybridized carbons (Fsp3) is 0.286. The Morgan fingerprint density at radius 2 is 1.78 bits per heavy atom. The van der Waals surface area contributed by atoms with Crippen molar-refractivity contribution < 1.29 is 9.59 Å². The van der Waals surface area contributed by atoms with E-state index in [1.165, 1.54) is 22.8 Å². The van der Waals surface area contributed by atoms with E-state index in [0.717, 1.165) is 17.8 Å². The van der Waals surface area contributed by atoms with E-state index in [1.54, 1.807) is 47.4 Å². The Labute approximate surface area is 167 Å². The van der Waals surface area contributed by atoms with Crippen LogP contribution in [0.1, 0.15) is 38.8 Å². The highest BCUT2D eigenvalue weighted by molar-refractivity contribution is 7.98. The lowest BCUT2D eigenvalue weighted by atomic mass is 10.1. The standard InChI is InChI=1S/C21H22N2O2S2/c1-13-11-14(2)19-18(12-13)23(9-10-26-4)21(27-19)22-20(25)17-7-5-16(6-8-17)15(3)24/h5-8,11-12H,9-10H2,1-4H3. The van der Waals surface area contributed by atoms with Crippen LogP contribution in [0.3, 0.4) is 0 Å². The molecule has 0 atom stereocenters. The summed E-state index contributed by atoms with van der Waals surface area (Å²) in [7, 11) is 0. The predicted molar refractivity (Wildman–Crippen MR) is 114 cm³/mol. The van der Waals surface area contributed by atoms with Crippen molar-refractivity contribution in [3.63, 3.8) is 0 Å². The molecule has 4 nitrogen and oxygen atoms in total. The number of hydrogen-bond donors (Lipinski definition) is 0. The summed E-state index contributed by atoms with van der Waals surface area (Å²) in [4.78, 5) is 29.2. The van der Waals surface area contributed by atoms with Gasteiger partial charge in [0, 0.05) is 23.4 Å². The minimum Gasteiger partial charge on any atom is -0.315 e. The molecule has 0 aliphatic carbocycles. The van der Waals surface area contributed by atoms with Crippen molar-refractivity contribution in [1.29, 1.82) is 0 Å². The lowest BCUT2D eigenvalue weighted by Gasteiger charge is -2.05. The predicted octanol–water partition coefficient (Wildman–Crippen LogP) is 4.63. The van der Waals surface area contributed by atoms with Crippen LogP contribution in [-0.2, 0) is 6.54 Å². The quantitative estimate of drug-likeness (QED) is 0.589. The zero-order chi connectivity index (χ0) is 19.6. The van der Waals surface area contributed by atoms with Crippen LogP contribution in [0.15, 0.2) is 41.4 Å². The summed E-state index contributed by atoms with van der Waals surface area (Å²) in [5.74, 6) is 0.646. The first-order chi connectivity index (χ1) is 12.9. The Balaban J connectivity index is 2.09. The van der Waals surface area contributed by atoms with Gasteiger partial charge in [-0.1, -0.05) is 29.5 Å². The van der Waals surface area contributed by atoms with E-state index in [9.17, 15) is 9.59 Å². The average molecular weight is 399 g/mol. The second-order valence-corrected chi connectivity index (χ2v) is 8.47. The third-order valence-corrected chi connectivity index (χ3v) is 6.19. The van der Waals surface area contributed by atoms with E-state index < -0.39 is 0 Å². The molecule has 2 aromatic carbocycles. The van der Waals surface area contributed by atoms with Crippen molar-refractivity contribution in [3.8, 4) is 0 Å². The maximum atomic E-state index is 12.7. The molecule has 140 valence electrons. The average Bonchev–Trinajstić information content (AvgIpc) is 2.97. The molecule has 3 rings (SSSR count). The molecule has 0 unspecified atom stereocenters. The molecule has 0 saturated carbocycles. The van der Waals surface area contributed by atoms with Crippen molar-refractivity contribution in [3.05, 3.63) is 63.5 Å². The number of thioether (sulfide) groups is 1. The van der Waals surface area contributed by atoms with E-state index in [4.69, 9.17) is 0 Å². The number of rotatable bonds is 5. The zero-order valence-corrected chi connectivity index (χ0v) is 17.5. The molecule has 0 fully saturated rings. The van der Waals surface area contributed by atoms with Gasteiger partial charge in [-0.25, -0.2) is 0 Å². The lowest BCUT2D eigenvalue weighted by molar-refractivity contribution is 0.0991. The van der Waals surface area contributed by atoms with E-state index in [0.29, 0.717) is 15.9 Å². The summed E-state index contributed by atoms with van der Waals surface area (Å²) in [6, 6.07) is 11.0. The maximum Gasteiger partial charge on any atom is 0.279 e. The van der Waals surface area contributed by atoms with E-state index >= 15 is 0 Å². The highest BCUT2D eigenvalue weighted by Gasteiger charge is 2.12. The van der Waals surface area contributed by atoms with Gasteiger partial charge in [0.2, 0.25) is 0 Å². The van der Waals surface area contributed by atoms with Gasteiger partial charge < -0.3 is 4.57 Å². The van der Waals surface area contributed by atoms with Crippen LogP contribution in [0, 0.1) is 13.8 Å². The fourth-order valence-corrected chi connectivity index (χ4v) is 4.47. The monoisotopic (exact) mass is 398 g/mol. The minimum atomic E-state index is -0.288. The molecule has 1 amide bonds. The number of Topliss-reactive ketones (excluding diaryl/α,β-unsaturated/α-hetero) is 1. The zero-order valence-electron chi connectivity index (χ0n) is 15.9. The van der Waals surface area contributed by atoms with Gasteiger partial charge >= 0.3 is 0 Å². The van der Waals surface area contributed by atoms with Gasteiger partial charge in [-0.3, -0.25) is 9.59 Å². The number of fused-ring (bicyclic) bond motifs is 1. The number of amides is 1. The molecule has 1 heterocycles. The molecule has 0 aliphatic heterocycles. The topological polar surface area (TPSA) is 51.4 Å². The third-order valence-electron chi connectivity index (χ3n) is 4.37. The van der Waals surface area contributed by atoms with Crippen LogP contribution in [0.5, 0.6) is 0 Å². The number of aryl methyl sites for hydroxylation is 3. The Morgan fingerprint density at radius 1 is 1.11 bits per heavy atom. The van der Waals surface area contributed by atoms with Crippen molar-refractivity contribution >= 4 is 45.0 Å². The number of carbonyl (C=O) groups excluding carboxylic acids is 2. The molecule has 6 heteroatoms. The minimum absolute atomic E-state index is 0.0174. The van der Waals surface area contributed by atoms with Crippen molar-refractivity contribution in [2.45, 2.75) is 27.3 Å². The lowest BCUT2D eigenvalue weighted by Crippen LogP contribution is -2.18. The van der Waals surface area contributed by atoms with Crippen LogP contribution < -0.4 is 4.80 Å². The summed E-state index contributed by atoms with van der Waals surface area (Å²) in [5, 5.41) is 0. The van der Waals surface area contributed by atoms with Crippen LogP contribution >= 0.6 is 23.1 Å². The summed E-state index contributed by atoms with van der Waals surface area (Å²) in [6.45, 7) is 6.50. The number of ketones is 1. The molecule has 0 N–H and O–H groups in total. The van der Waals surface area contributed by atoms with E-state index in [2.05, 4.69) is 41.8 Å². The number of nitrogens with zero attached hydrogens (tertiary/aromatic N) is 2. The summed E-state index contributed by atoms with van der Waals surface area (Å²) < 4.78 is 3.30. The number of thiazole rings is 1. The second-order valence-electron chi connectivity index (χ2n) is 6.51. The van der Waals surface area contributed by atoms with Gasteiger partial charge in [-0.2, -0.15) is 16.8 Å². The van der Waals surface area contributed by atoms with Gasteiger partial charge in [0.25, 0.3) is 5.91 Å². The normalized spacial score (nSPS) is 11.9. The first-order valence-corrected chi connectivity index (χ1v) is 10.9. The van der Waals surface area contributed by atoms with Crippen LogP contribution in [0.4, 0.5) is 0 Å². The molecule has 0 saturated heterocycles. The molecular weight excluding hydrogens is 376 g/mol. The molecule has 27 heavy (non-hydrogen) atoms. The molecule has 0 radical (unpaired) electrons. The Hall–Kier alpha value is -2.18. The largest absolute Gasteiger partial charge is 0.315 e. The van der Waals surface area contributed by atoms with Crippen molar-refractivity contribution in [1.82, 2.24) is 4.57 Å². The third kappa shape index (κ3) is 4.22. The number of hydrogen-bond acceptors (Lipinski definition) is 4. The number of aromatic nitrogens is 1. The van der Waals surface area contributed by atoms with Gasteiger partial charge in [-0.05, 0) is 56.4 Å². The molecule has 0 bridgehead atoms. The summed E-state index contributed by atoms with van der Waals surface area (Å²) in [5.41, 5.74) is 4.61. The second kappa shape index (κ2) is 8.23. The van der Waals surface area contributed by atoms with Crippen LogP contribution in [-0.4, -0.2) is 28.3 Å². The fourth-order valence-electron chi connectivity index (χ4n) is 3.00. The SMILES string of the molecule is CSCCn1c(=NC(=O)c2ccc(C(C)=O)cc2)sc2c(C)cc(C)cc21. The van der Waals surface area contributed by atoms with Crippen LogP contribution in [0.25, 0.3) is 10.2 Å². The van der Waals surface area contributed by atoms with Gasteiger partial charge in [0.1, 0.15) is 0 Å². The van der Waals surface area contributed by atoms with Gasteiger partial charge in [-0.15, -0.1) is 0 Å². The highest BCUT2D eigenvalue weighted by Crippen LogP contribution is 2.23. The number of benzene rings is 2. The highest BCUT2D eigenvalue weighted by atomic mass is 32.2. The Kier molecular flexibility index (Phi) is 5.97. The first-order valence-electron chi connectivity index (χ1n) is 8.70. The molecule has 0 spiro atoms. The summed E-state index contributed by atoms with van der Waals surface area (Å²) >= 11 is 3.32. The smallest absolute Gasteiger partial charge is 0.279 e. The van der Waals surface area contributed by atoms with Crippen molar-refractivity contribution in [2.24, 2.45) is 4.99 Å². The Morgan fingerprint density at radius 3 is 2.41 bits per heavy atom. The number of carbonyl (C=O) groups is 2. The van der Waals surface area contributed by atoms with Crippen molar-refractivity contribution in [2.75, 3.05) is 12.0 Å². The molecule has 3 aromatic rings. The maximum absolute atomic E-state index is 12.7. The van der Waals surface area contributed by atoms with Gasteiger partial charge in [0.15, 0.2) is 10.6 Å². The molecular formula is C21H22N2O2S2. The van der Waals surface area contributed by atoms with Crippen LogP contribution in [0.2, 0.25) is 0 Å². The molecule has 1 aromatic heterocycles. The first kappa shape index (κ1) is 19.6. The van der Waals surface area contributed by atoms with E-state index in [1.807, 2.05) is 0 Å². The summed E-state index contributed by atoms with van der Waals surface area (Å²) in [6.07, 6.45) is 2.07. The molecule has 0 aliphatic rings. The van der Waals surface area contributed by atoms with Gasteiger partial charge in [0.05, 0.1) is 10.2 Å². The Bertz CT molecular complexity index is 1080. The van der Waals surface area contributed by atoms with E-state index in [-0.39, 0.29) is 11.7 Å².